The van der Waals surface area contributed by atoms with Crippen molar-refractivity contribution in [1.82, 2.24) is 9.97 Å². The topological polar surface area (TPSA) is 110 Å². The van der Waals surface area contributed by atoms with Crippen LogP contribution in [0.2, 0.25) is 5.02 Å². The predicted molar refractivity (Wildman–Crippen MR) is 102 cm³/mol. The molecule has 0 saturated heterocycles. The van der Waals surface area contributed by atoms with Crippen molar-refractivity contribution in [3.8, 4) is 0 Å². The van der Waals surface area contributed by atoms with Crippen LogP contribution in [-0.2, 0) is 16.6 Å². The molecule has 0 radical (unpaired) electrons. The van der Waals surface area contributed by atoms with Gasteiger partial charge in [0.15, 0.2) is 5.82 Å². The summed E-state index contributed by atoms with van der Waals surface area (Å²) in [7, 11) is -3.82. The summed E-state index contributed by atoms with van der Waals surface area (Å²) in [6.45, 7) is 0.314. The number of nitrogens with one attached hydrogen (secondary N) is 2. The maximum atomic E-state index is 13.3. The monoisotopic (exact) mass is 407 g/mol. The van der Waals surface area contributed by atoms with Gasteiger partial charge in [0, 0.05) is 12.2 Å². The van der Waals surface area contributed by atoms with E-state index in [1.54, 1.807) is 24.3 Å². The number of anilines is 3. The van der Waals surface area contributed by atoms with Crippen LogP contribution in [-0.4, -0.2) is 18.4 Å². The van der Waals surface area contributed by atoms with E-state index in [0.717, 1.165) is 5.56 Å². The van der Waals surface area contributed by atoms with Gasteiger partial charge in [0.2, 0.25) is 16.0 Å². The van der Waals surface area contributed by atoms with Gasteiger partial charge in [-0.25, -0.2) is 22.9 Å². The quantitative estimate of drug-likeness (QED) is 0.578. The molecule has 7 nitrogen and oxygen atoms in total. The lowest BCUT2D eigenvalue weighted by Gasteiger charge is -2.11. The summed E-state index contributed by atoms with van der Waals surface area (Å²) >= 11 is 6.10. The van der Waals surface area contributed by atoms with E-state index >= 15 is 0 Å². The lowest BCUT2D eigenvalue weighted by molar-refractivity contribution is 0.598. The van der Waals surface area contributed by atoms with Crippen molar-refractivity contribution in [1.29, 1.82) is 0 Å². The van der Waals surface area contributed by atoms with Gasteiger partial charge in [-0.3, -0.25) is 0 Å². The molecule has 0 aliphatic heterocycles. The second kappa shape index (κ2) is 7.87. The Morgan fingerprint density at radius 1 is 1.15 bits per heavy atom. The Kier molecular flexibility index (Phi) is 5.54. The molecule has 1 aromatic heterocycles. The summed E-state index contributed by atoms with van der Waals surface area (Å²) in [5, 5.41) is 11.3. The van der Waals surface area contributed by atoms with E-state index in [-0.39, 0.29) is 21.7 Å². The third-order valence-corrected chi connectivity index (χ3v) is 4.70. The van der Waals surface area contributed by atoms with E-state index in [2.05, 4.69) is 20.6 Å². The summed E-state index contributed by atoms with van der Waals surface area (Å²) in [4.78, 5) is 8.28. The lowest BCUT2D eigenvalue weighted by Crippen LogP contribution is -2.12. The summed E-state index contributed by atoms with van der Waals surface area (Å²) in [5.74, 6) is 0.217. The smallest absolute Gasteiger partial charge is 0.238 e. The Hall–Kier alpha value is -2.75. The van der Waals surface area contributed by atoms with Gasteiger partial charge in [0.25, 0.3) is 0 Å². The van der Waals surface area contributed by atoms with Crippen molar-refractivity contribution < 1.29 is 12.8 Å². The van der Waals surface area contributed by atoms with Crippen LogP contribution in [0.25, 0.3) is 0 Å². The van der Waals surface area contributed by atoms with E-state index in [1.165, 1.54) is 30.5 Å². The zero-order valence-corrected chi connectivity index (χ0v) is 15.4. The molecule has 27 heavy (non-hydrogen) atoms. The largest absolute Gasteiger partial charge is 0.365 e. The van der Waals surface area contributed by atoms with Crippen LogP contribution >= 0.6 is 11.6 Å². The zero-order valence-electron chi connectivity index (χ0n) is 13.9. The molecule has 0 aliphatic rings. The van der Waals surface area contributed by atoms with Crippen molar-refractivity contribution in [2.45, 2.75) is 11.4 Å². The molecule has 140 valence electrons. The summed E-state index contributed by atoms with van der Waals surface area (Å²) in [6.07, 6.45) is 1.40. The van der Waals surface area contributed by atoms with Crippen LogP contribution in [0.1, 0.15) is 5.56 Å². The van der Waals surface area contributed by atoms with Crippen LogP contribution in [0, 0.1) is 5.82 Å². The summed E-state index contributed by atoms with van der Waals surface area (Å²) < 4.78 is 36.1. The number of nitrogens with zero attached hydrogens (tertiary/aromatic N) is 2. The number of sulfonamides is 1. The Morgan fingerprint density at radius 3 is 2.67 bits per heavy atom. The number of benzene rings is 2. The second-order valence-electron chi connectivity index (χ2n) is 5.57. The Balaban J connectivity index is 1.77. The Morgan fingerprint density at radius 2 is 1.93 bits per heavy atom. The first-order valence-electron chi connectivity index (χ1n) is 7.72. The van der Waals surface area contributed by atoms with Gasteiger partial charge in [0.1, 0.15) is 10.8 Å². The number of hydrogen-bond donors (Lipinski definition) is 3. The van der Waals surface area contributed by atoms with E-state index in [9.17, 15) is 12.8 Å². The molecular weight excluding hydrogens is 393 g/mol. The van der Waals surface area contributed by atoms with E-state index in [1.807, 2.05) is 0 Å². The molecule has 0 aliphatic carbocycles. The van der Waals surface area contributed by atoms with Gasteiger partial charge in [-0.05, 0) is 35.9 Å². The van der Waals surface area contributed by atoms with Crippen molar-refractivity contribution in [2.24, 2.45) is 5.14 Å². The molecule has 0 fully saturated rings. The maximum absolute atomic E-state index is 13.3. The molecule has 1 heterocycles. The Labute approximate surface area is 160 Å². The molecule has 0 atom stereocenters. The van der Waals surface area contributed by atoms with Crippen molar-refractivity contribution >= 4 is 39.1 Å². The SMILES string of the molecule is NS(=O)(=O)c1cccc(Nc2ncc(Cl)c(NCc3cccc(F)c3)n2)c1. The maximum Gasteiger partial charge on any atom is 0.238 e. The molecule has 0 spiro atoms. The van der Waals surface area contributed by atoms with Crippen molar-refractivity contribution in [3.05, 3.63) is 71.1 Å². The number of nitrogens with two attached hydrogens (primary N) is 1. The number of rotatable bonds is 6. The van der Waals surface area contributed by atoms with Crippen LogP contribution in [0.5, 0.6) is 0 Å². The molecule has 10 heteroatoms. The van der Waals surface area contributed by atoms with Gasteiger partial charge in [-0.1, -0.05) is 29.8 Å². The van der Waals surface area contributed by atoms with Gasteiger partial charge in [-0.15, -0.1) is 0 Å². The van der Waals surface area contributed by atoms with Crippen LogP contribution in [0.15, 0.2) is 59.6 Å². The number of hydrogen-bond acceptors (Lipinski definition) is 6. The fourth-order valence-corrected chi connectivity index (χ4v) is 2.98. The minimum Gasteiger partial charge on any atom is -0.365 e. The first kappa shape index (κ1) is 19.0. The molecule has 0 bridgehead atoms. The van der Waals surface area contributed by atoms with Gasteiger partial charge < -0.3 is 10.6 Å². The molecule has 4 N–H and O–H groups in total. The zero-order chi connectivity index (χ0) is 19.4. The third-order valence-electron chi connectivity index (χ3n) is 3.51. The highest BCUT2D eigenvalue weighted by molar-refractivity contribution is 7.89. The standard InChI is InChI=1S/C17H15ClFN5O2S/c18-15-10-22-17(23-13-5-2-6-14(8-13)27(20,25)26)24-16(15)21-9-11-3-1-4-12(19)7-11/h1-8,10H,9H2,(H2,20,25,26)(H2,21,22,23,24). The summed E-state index contributed by atoms with van der Waals surface area (Å²) in [5.41, 5.74) is 1.17. The normalized spacial score (nSPS) is 11.2. The van der Waals surface area contributed by atoms with Crippen LogP contribution < -0.4 is 15.8 Å². The molecule has 0 saturated carbocycles. The Bertz CT molecular complexity index is 1080. The number of aromatic nitrogens is 2. The molecule has 0 amide bonds. The van der Waals surface area contributed by atoms with E-state index in [4.69, 9.17) is 16.7 Å². The fraction of sp³-hybridized carbons (Fsp3) is 0.0588. The molecule has 2 aromatic carbocycles. The highest BCUT2D eigenvalue weighted by atomic mass is 35.5. The average Bonchev–Trinajstić information content (AvgIpc) is 2.62. The van der Waals surface area contributed by atoms with Gasteiger partial charge in [-0.2, -0.15) is 4.98 Å². The predicted octanol–water partition coefficient (Wildman–Crippen LogP) is 3.27. The van der Waals surface area contributed by atoms with E-state index < -0.39 is 10.0 Å². The minimum atomic E-state index is -3.82. The minimum absolute atomic E-state index is 0.0362. The van der Waals surface area contributed by atoms with Crippen molar-refractivity contribution in [3.63, 3.8) is 0 Å². The lowest BCUT2D eigenvalue weighted by atomic mass is 10.2. The van der Waals surface area contributed by atoms with Crippen molar-refractivity contribution in [2.75, 3.05) is 10.6 Å². The molecule has 3 rings (SSSR count). The fourth-order valence-electron chi connectivity index (χ4n) is 2.26. The second-order valence-corrected chi connectivity index (χ2v) is 7.54. The van der Waals surface area contributed by atoms with Crippen LogP contribution in [0.4, 0.5) is 21.8 Å². The number of halogens is 2. The van der Waals surface area contributed by atoms with E-state index in [0.29, 0.717) is 18.1 Å². The first-order chi connectivity index (χ1) is 12.8. The third kappa shape index (κ3) is 5.13. The molecule has 0 unspecified atom stereocenters. The van der Waals surface area contributed by atoms with Crippen LogP contribution in [0.3, 0.4) is 0 Å². The van der Waals surface area contributed by atoms with Gasteiger partial charge >= 0.3 is 0 Å². The highest BCUT2D eigenvalue weighted by Crippen LogP contribution is 2.23. The summed E-state index contributed by atoms with van der Waals surface area (Å²) in [6, 6.07) is 12.1. The molecule has 3 aromatic rings. The molecular formula is C17H15ClFN5O2S. The van der Waals surface area contributed by atoms with Gasteiger partial charge in [0.05, 0.1) is 11.1 Å². The average molecular weight is 408 g/mol. The highest BCUT2D eigenvalue weighted by Gasteiger charge is 2.10. The first-order valence-corrected chi connectivity index (χ1v) is 9.64. The number of primary sulfonamides is 1.